The molecular formula is C6H7BrO3. The molecular weight excluding hydrogens is 200 g/mol. The topological polar surface area (TPSA) is 43.4 Å². The van der Waals surface area contributed by atoms with Gasteiger partial charge in [-0.2, -0.15) is 0 Å². The molecule has 0 aromatic rings. The minimum absolute atomic E-state index is 0.186. The van der Waals surface area contributed by atoms with Gasteiger partial charge in [0.05, 0.1) is 11.1 Å². The molecule has 56 valence electrons. The molecule has 0 saturated heterocycles. The Morgan fingerprint density at radius 2 is 2.30 bits per heavy atom. The molecule has 0 amide bonds. The summed E-state index contributed by atoms with van der Waals surface area (Å²) in [5.74, 6) is -0.513. The van der Waals surface area contributed by atoms with Crippen molar-refractivity contribution in [3.63, 3.8) is 0 Å². The summed E-state index contributed by atoms with van der Waals surface area (Å²) < 4.78 is 4.70. The molecule has 0 fully saturated rings. The van der Waals surface area contributed by atoms with Crippen molar-refractivity contribution in [2.24, 2.45) is 0 Å². The summed E-state index contributed by atoms with van der Waals surface area (Å²) >= 11 is 2.84. The van der Waals surface area contributed by atoms with Crippen molar-refractivity contribution in [3.8, 4) is 0 Å². The lowest BCUT2D eigenvalue weighted by Crippen LogP contribution is -1.99. The minimum Gasteiger partial charge on any atom is -0.463 e. The molecule has 0 aromatic carbocycles. The van der Waals surface area contributed by atoms with Crippen molar-refractivity contribution in [1.82, 2.24) is 0 Å². The lowest BCUT2D eigenvalue weighted by molar-refractivity contribution is -0.137. The molecule has 0 atom stereocenters. The first-order valence-electron chi connectivity index (χ1n) is 2.69. The molecule has 0 aliphatic rings. The van der Waals surface area contributed by atoms with E-state index in [9.17, 15) is 9.59 Å². The fourth-order valence-electron chi connectivity index (χ4n) is 0.331. The summed E-state index contributed by atoms with van der Waals surface area (Å²) in [4.78, 5) is 20.4. The van der Waals surface area contributed by atoms with Crippen molar-refractivity contribution < 1.29 is 14.3 Å². The van der Waals surface area contributed by atoms with Crippen LogP contribution in [0.2, 0.25) is 0 Å². The molecule has 3 nitrogen and oxygen atoms in total. The highest BCUT2D eigenvalue weighted by molar-refractivity contribution is 9.12. The molecule has 0 saturated carbocycles. The number of ether oxygens (including phenoxy) is 1. The lowest BCUT2D eigenvalue weighted by Gasteiger charge is -1.93. The second-order valence-electron chi connectivity index (χ2n) is 1.40. The number of carbonyl (C=O) groups is 2. The molecule has 10 heavy (non-hydrogen) atoms. The Morgan fingerprint density at radius 1 is 1.70 bits per heavy atom. The zero-order chi connectivity index (χ0) is 7.98. The molecule has 0 rings (SSSR count). The van der Waals surface area contributed by atoms with E-state index in [4.69, 9.17) is 0 Å². The number of rotatable bonds is 3. The molecule has 0 N–H and O–H groups in total. The SMILES string of the molecule is CCOC(=O)/C=C(\Br)C=O. The number of hydrogen-bond acceptors (Lipinski definition) is 3. The zero-order valence-electron chi connectivity index (χ0n) is 5.46. The van der Waals surface area contributed by atoms with Crippen LogP contribution in [-0.2, 0) is 14.3 Å². The molecule has 0 aromatic heterocycles. The van der Waals surface area contributed by atoms with Crippen molar-refractivity contribution in [1.29, 1.82) is 0 Å². The number of allylic oxidation sites excluding steroid dienone is 1. The van der Waals surface area contributed by atoms with Crippen molar-refractivity contribution in [3.05, 3.63) is 10.6 Å². The van der Waals surface area contributed by atoms with Crippen LogP contribution in [0.3, 0.4) is 0 Å². The summed E-state index contributed by atoms with van der Waals surface area (Å²) in [6, 6.07) is 0. The fourth-order valence-corrected chi connectivity index (χ4v) is 0.517. The fraction of sp³-hybridized carbons (Fsp3) is 0.333. The van der Waals surface area contributed by atoms with E-state index >= 15 is 0 Å². The van der Waals surface area contributed by atoms with Crippen LogP contribution in [0.25, 0.3) is 0 Å². The minimum atomic E-state index is -0.513. The normalized spacial score (nSPS) is 10.8. The van der Waals surface area contributed by atoms with Crippen molar-refractivity contribution in [2.75, 3.05) is 6.61 Å². The van der Waals surface area contributed by atoms with E-state index in [0.29, 0.717) is 12.9 Å². The average Bonchev–Trinajstić information content (AvgIpc) is 1.88. The number of aldehydes is 1. The summed E-state index contributed by atoms with van der Waals surface area (Å²) in [5.41, 5.74) is 0. The molecule has 0 spiro atoms. The smallest absolute Gasteiger partial charge is 0.331 e. The van der Waals surface area contributed by atoms with Crippen LogP contribution in [0, 0.1) is 0 Å². The van der Waals surface area contributed by atoms with Gasteiger partial charge < -0.3 is 4.74 Å². The Bertz CT molecular complexity index is 162. The van der Waals surface area contributed by atoms with Gasteiger partial charge in [0.15, 0.2) is 6.29 Å². The van der Waals surface area contributed by atoms with Crippen LogP contribution in [0.4, 0.5) is 0 Å². The molecule has 0 aliphatic carbocycles. The standard InChI is InChI=1S/C6H7BrO3/c1-2-10-6(9)3-5(7)4-8/h3-4H,2H2,1H3/b5-3-. The van der Waals surface area contributed by atoms with E-state index in [1.54, 1.807) is 6.92 Å². The molecule has 0 heterocycles. The van der Waals surface area contributed by atoms with Crippen molar-refractivity contribution in [2.45, 2.75) is 6.92 Å². The van der Waals surface area contributed by atoms with E-state index in [2.05, 4.69) is 20.7 Å². The van der Waals surface area contributed by atoms with Crippen molar-refractivity contribution >= 4 is 28.2 Å². The third kappa shape index (κ3) is 4.26. The summed E-state index contributed by atoms with van der Waals surface area (Å²) in [5, 5.41) is 0. The number of halogens is 1. The highest BCUT2D eigenvalue weighted by Gasteiger charge is 1.96. The number of hydrogen-bond donors (Lipinski definition) is 0. The van der Waals surface area contributed by atoms with Gasteiger partial charge >= 0.3 is 5.97 Å². The van der Waals surface area contributed by atoms with Crippen LogP contribution < -0.4 is 0 Å². The third-order valence-corrected chi connectivity index (χ3v) is 1.07. The maximum atomic E-state index is 10.5. The van der Waals surface area contributed by atoms with Gasteiger partial charge in [-0.1, -0.05) is 0 Å². The van der Waals surface area contributed by atoms with Crippen LogP contribution in [-0.4, -0.2) is 18.9 Å². The number of carbonyl (C=O) groups excluding carboxylic acids is 2. The Morgan fingerprint density at radius 3 is 2.70 bits per heavy atom. The van der Waals surface area contributed by atoms with Crippen LogP contribution in [0.5, 0.6) is 0 Å². The van der Waals surface area contributed by atoms with Gasteiger partial charge in [0.1, 0.15) is 0 Å². The predicted octanol–water partition coefficient (Wildman–Crippen LogP) is 1.03. The highest BCUT2D eigenvalue weighted by Crippen LogP contribution is 1.99. The average molecular weight is 207 g/mol. The van der Waals surface area contributed by atoms with Gasteiger partial charge in [0.25, 0.3) is 0 Å². The van der Waals surface area contributed by atoms with Gasteiger partial charge in [-0.3, -0.25) is 4.79 Å². The number of esters is 1. The Balaban J connectivity index is 3.86. The Labute approximate surface area is 67.2 Å². The maximum Gasteiger partial charge on any atom is 0.331 e. The summed E-state index contributed by atoms with van der Waals surface area (Å²) in [7, 11) is 0. The van der Waals surface area contributed by atoms with Gasteiger partial charge in [-0.15, -0.1) is 0 Å². The van der Waals surface area contributed by atoms with Crippen LogP contribution in [0.15, 0.2) is 10.6 Å². The van der Waals surface area contributed by atoms with Gasteiger partial charge in [-0.05, 0) is 22.9 Å². The second-order valence-corrected chi connectivity index (χ2v) is 2.31. The van der Waals surface area contributed by atoms with Crippen LogP contribution in [0.1, 0.15) is 6.92 Å². The predicted molar refractivity (Wildman–Crippen MR) is 39.7 cm³/mol. The second kappa shape index (κ2) is 5.17. The molecule has 0 radical (unpaired) electrons. The van der Waals surface area contributed by atoms with Gasteiger partial charge in [-0.25, -0.2) is 4.79 Å². The monoisotopic (exact) mass is 206 g/mol. The maximum absolute atomic E-state index is 10.5. The summed E-state index contributed by atoms with van der Waals surface area (Å²) in [6.07, 6.45) is 1.60. The first kappa shape index (κ1) is 9.36. The van der Waals surface area contributed by atoms with E-state index in [1.165, 1.54) is 0 Å². The van der Waals surface area contributed by atoms with E-state index in [0.717, 1.165) is 6.08 Å². The highest BCUT2D eigenvalue weighted by atomic mass is 79.9. The molecule has 0 aliphatic heterocycles. The summed E-state index contributed by atoms with van der Waals surface area (Å²) in [6.45, 7) is 2.01. The zero-order valence-corrected chi connectivity index (χ0v) is 7.05. The quantitative estimate of drug-likeness (QED) is 0.394. The van der Waals surface area contributed by atoms with E-state index in [1.807, 2.05) is 0 Å². The van der Waals surface area contributed by atoms with Gasteiger partial charge in [0, 0.05) is 6.08 Å². The molecule has 0 bridgehead atoms. The van der Waals surface area contributed by atoms with E-state index in [-0.39, 0.29) is 4.48 Å². The molecule has 4 heteroatoms. The largest absolute Gasteiger partial charge is 0.463 e. The Kier molecular flexibility index (Phi) is 4.84. The third-order valence-electron chi connectivity index (χ3n) is 0.655. The van der Waals surface area contributed by atoms with E-state index < -0.39 is 5.97 Å². The molecule has 0 unspecified atom stereocenters. The van der Waals surface area contributed by atoms with Crippen LogP contribution >= 0.6 is 15.9 Å². The first-order valence-corrected chi connectivity index (χ1v) is 3.49. The van der Waals surface area contributed by atoms with Gasteiger partial charge in [0.2, 0.25) is 0 Å². The first-order chi connectivity index (χ1) is 4.70. The Hall–Kier alpha value is -0.640. The lowest BCUT2D eigenvalue weighted by atomic mass is 10.5.